The molecule has 0 aliphatic carbocycles. The first kappa shape index (κ1) is 23.1. The first-order chi connectivity index (χ1) is 16.4. The molecular weight excluding hydrogens is 458 g/mol. The molecule has 3 amide bonds. The smallest absolute Gasteiger partial charge is 0.288 e. The second-order valence-corrected chi connectivity index (χ2v) is 8.19. The van der Waals surface area contributed by atoms with E-state index in [-0.39, 0.29) is 23.6 Å². The standard InChI is InChI=1S/C25H20ClN3O5/c26-20-12-11-18(15-21(20)29(33)34)24(31)27(14-13-17-7-3-1-4-8-17)22-16-23(30)28(25(22)32)19-9-5-2-6-10-19/h1-12,15,22H,13-14,16H2. The Hall–Kier alpha value is -4.04. The third-order valence-corrected chi connectivity index (χ3v) is 5.97. The van der Waals surface area contributed by atoms with Gasteiger partial charge in [-0.1, -0.05) is 60.1 Å². The lowest BCUT2D eigenvalue weighted by Gasteiger charge is -2.28. The summed E-state index contributed by atoms with van der Waals surface area (Å²) in [6, 6.07) is 20.6. The van der Waals surface area contributed by atoms with Gasteiger partial charge in [0.25, 0.3) is 17.5 Å². The van der Waals surface area contributed by atoms with Gasteiger partial charge in [-0.15, -0.1) is 0 Å². The summed E-state index contributed by atoms with van der Waals surface area (Å²) in [7, 11) is 0. The van der Waals surface area contributed by atoms with Crippen molar-refractivity contribution in [2.45, 2.75) is 18.9 Å². The summed E-state index contributed by atoms with van der Waals surface area (Å²) >= 11 is 5.90. The number of hydrogen-bond acceptors (Lipinski definition) is 5. The van der Waals surface area contributed by atoms with Crippen molar-refractivity contribution in [1.29, 1.82) is 0 Å². The minimum Gasteiger partial charge on any atom is -0.326 e. The zero-order chi connectivity index (χ0) is 24.2. The van der Waals surface area contributed by atoms with E-state index in [0.717, 1.165) is 16.5 Å². The highest BCUT2D eigenvalue weighted by Crippen LogP contribution is 2.29. The zero-order valence-corrected chi connectivity index (χ0v) is 18.7. The van der Waals surface area contributed by atoms with Crippen LogP contribution in [0.4, 0.5) is 11.4 Å². The van der Waals surface area contributed by atoms with Crippen LogP contribution in [0.25, 0.3) is 0 Å². The van der Waals surface area contributed by atoms with Crippen LogP contribution in [0, 0.1) is 10.1 Å². The molecule has 0 saturated carbocycles. The van der Waals surface area contributed by atoms with E-state index < -0.39 is 34.4 Å². The normalized spacial score (nSPS) is 15.4. The predicted molar refractivity (Wildman–Crippen MR) is 127 cm³/mol. The number of carbonyl (C=O) groups is 3. The van der Waals surface area contributed by atoms with E-state index in [9.17, 15) is 24.5 Å². The summed E-state index contributed by atoms with van der Waals surface area (Å²) in [5.41, 5.74) is 0.981. The highest BCUT2D eigenvalue weighted by molar-refractivity contribution is 6.32. The first-order valence-electron chi connectivity index (χ1n) is 10.6. The summed E-state index contributed by atoms with van der Waals surface area (Å²) in [5.74, 6) is -1.52. The molecule has 3 aromatic carbocycles. The maximum absolute atomic E-state index is 13.5. The maximum atomic E-state index is 13.5. The van der Waals surface area contributed by atoms with E-state index in [2.05, 4.69) is 0 Å². The molecule has 1 saturated heterocycles. The van der Waals surface area contributed by atoms with Gasteiger partial charge in [0.2, 0.25) is 5.91 Å². The second-order valence-electron chi connectivity index (χ2n) is 7.78. The lowest BCUT2D eigenvalue weighted by molar-refractivity contribution is -0.384. The van der Waals surface area contributed by atoms with Crippen LogP contribution in [-0.2, 0) is 16.0 Å². The minimum absolute atomic E-state index is 0.0163. The summed E-state index contributed by atoms with van der Waals surface area (Å²) in [6.07, 6.45) is 0.259. The average molecular weight is 478 g/mol. The van der Waals surface area contributed by atoms with Crippen molar-refractivity contribution in [3.8, 4) is 0 Å². The highest BCUT2D eigenvalue weighted by Gasteiger charge is 2.44. The summed E-state index contributed by atoms with van der Waals surface area (Å²) in [6.45, 7) is 0.144. The topological polar surface area (TPSA) is 101 Å². The quantitative estimate of drug-likeness (QED) is 0.287. The first-order valence-corrected chi connectivity index (χ1v) is 11.0. The van der Waals surface area contributed by atoms with Crippen molar-refractivity contribution in [3.05, 3.63) is 105 Å². The zero-order valence-electron chi connectivity index (χ0n) is 18.0. The highest BCUT2D eigenvalue weighted by atomic mass is 35.5. The number of rotatable bonds is 7. The fourth-order valence-corrected chi connectivity index (χ4v) is 4.14. The maximum Gasteiger partial charge on any atom is 0.288 e. The molecule has 3 aromatic rings. The van der Waals surface area contributed by atoms with Gasteiger partial charge in [-0.3, -0.25) is 24.5 Å². The number of hydrogen-bond donors (Lipinski definition) is 0. The molecule has 172 valence electrons. The van der Waals surface area contributed by atoms with Gasteiger partial charge in [0.15, 0.2) is 0 Å². The van der Waals surface area contributed by atoms with Crippen molar-refractivity contribution in [2.24, 2.45) is 0 Å². The van der Waals surface area contributed by atoms with Gasteiger partial charge in [-0.25, -0.2) is 4.90 Å². The Morgan fingerprint density at radius 3 is 2.32 bits per heavy atom. The second kappa shape index (κ2) is 9.84. The fraction of sp³-hybridized carbons (Fsp3) is 0.160. The Morgan fingerprint density at radius 1 is 1.03 bits per heavy atom. The molecule has 8 nitrogen and oxygen atoms in total. The monoisotopic (exact) mass is 477 g/mol. The van der Waals surface area contributed by atoms with Crippen molar-refractivity contribution >= 4 is 40.7 Å². The van der Waals surface area contributed by atoms with Gasteiger partial charge in [-0.2, -0.15) is 0 Å². The van der Waals surface area contributed by atoms with Gasteiger partial charge in [0.1, 0.15) is 11.1 Å². The third-order valence-electron chi connectivity index (χ3n) is 5.65. The van der Waals surface area contributed by atoms with E-state index in [1.165, 1.54) is 17.0 Å². The Balaban J connectivity index is 1.68. The van der Waals surface area contributed by atoms with Gasteiger partial charge in [0, 0.05) is 18.2 Å². The van der Waals surface area contributed by atoms with Crippen molar-refractivity contribution in [2.75, 3.05) is 11.4 Å². The fourth-order valence-electron chi connectivity index (χ4n) is 3.95. The molecule has 1 aliphatic rings. The van der Waals surface area contributed by atoms with Crippen LogP contribution in [0.2, 0.25) is 5.02 Å². The van der Waals surface area contributed by atoms with Crippen molar-refractivity contribution in [1.82, 2.24) is 4.90 Å². The Bertz CT molecular complexity index is 1250. The number of anilines is 1. The molecule has 0 bridgehead atoms. The van der Waals surface area contributed by atoms with Gasteiger partial charge >= 0.3 is 0 Å². The molecule has 0 radical (unpaired) electrons. The molecule has 9 heteroatoms. The van der Waals surface area contributed by atoms with E-state index in [0.29, 0.717) is 12.1 Å². The Labute approximate surface area is 200 Å². The van der Waals surface area contributed by atoms with Crippen LogP contribution < -0.4 is 4.90 Å². The van der Waals surface area contributed by atoms with E-state index >= 15 is 0 Å². The molecule has 1 unspecified atom stereocenters. The SMILES string of the molecule is O=C1CC(N(CCc2ccccc2)C(=O)c2ccc(Cl)c([N+](=O)[O-])c2)C(=O)N1c1ccccc1. The Kier molecular flexibility index (Phi) is 6.70. The minimum atomic E-state index is -1.03. The van der Waals surface area contributed by atoms with Gasteiger partial charge in [0.05, 0.1) is 17.0 Å². The molecule has 0 aromatic heterocycles. The average Bonchev–Trinajstić information content (AvgIpc) is 3.14. The number of halogens is 1. The Morgan fingerprint density at radius 2 is 1.68 bits per heavy atom. The van der Waals surface area contributed by atoms with E-state index in [4.69, 9.17) is 11.6 Å². The summed E-state index contributed by atoms with van der Waals surface area (Å²) < 4.78 is 0. The van der Waals surface area contributed by atoms with Crippen LogP contribution in [0.5, 0.6) is 0 Å². The molecule has 0 N–H and O–H groups in total. The number of nitro groups is 1. The number of amides is 3. The van der Waals surface area contributed by atoms with Crippen LogP contribution in [0.15, 0.2) is 78.9 Å². The van der Waals surface area contributed by atoms with E-state index in [1.807, 2.05) is 30.3 Å². The molecule has 1 fully saturated rings. The van der Waals surface area contributed by atoms with E-state index in [1.54, 1.807) is 30.3 Å². The largest absolute Gasteiger partial charge is 0.326 e. The number of para-hydroxylation sites is 1. The van der Waals surface area contributed by atoms with Crippen LogP contribution in [-0.4, -0.2) is 40.1 Å². The van der Waals surface area contributed by atoms with Crippen molar-refractivity contribution < 1.29 is 19.3 Å². The predicted octanol–water partition coefficient (Wildman–Crippen LogP) is 4.27. The molecular formula is C25H20ClN3O5. The van der Waals surface area contributed by atoms with Gasteiger partial charge in [-0.05, 0) is 36.2 Å². The number of nitro benzene ring substituents is 1. The number of carbonyl (C=O) groups excluding carboxylic acids is 3. The lowest BCUT2D eigenvalue weighted by Crippen LogP contribution is -2.46. The molecule has 1 aliphatic heterocycles. The molecule has 34 heavy (non-hydrogen) atoms. The molecule has 4 rings (SSSR count). The van der Waals surface area contributed by atoms with Crippen molar-refractivity contribution in [3.63, 3.8) is 0 Å². The summed E-state index contributed by atoms with van der Waals surface area (Å²) in [5, 5.41) is 11.2. The molecule has 1 heterocycles. The van der Waals surface area contributed by atoms with Gasteiger partial charge < -0.3 is 4.90 Å². The van der Waals surface area contributed by atoms with Crippen LogP contribution >= 0.6 is 11.6 Å². The number of imide groups is 1. The third kappa shape index (κ3) is 4.67. The molecule has 1 atom stereocenters. The number of benzene rings is 3. The lowest BCUT2D eigenvalue weighted by atomic mass is 10.1. The van der Waals surface area contributed by atoms with Crippen LogP contribution in [0.3, 0.4) is 0 Å². The number of nitrogens with zero attached hydrogens (tertiary/aromatic N) is 3. The summed E-state index contributed by atoms with van der Waals surface area (Å²) in [4.78, 5) is 52.7. The molecule has 0 spiro atoms. The van der Waals surface area contributed by atoms with Crippen LogP contribution in [0.1, 0.15) is 22.3 Å².